The molecule has 0 aliphatic heterocycles. The summed E-state index contributed by atoms with van der Waals surface area (Å²) < 4.78 is 0. The van der Waals surface area contributed by atoms with E-state index in [0.717, 1.165) is 6.42 Å². The molecular formula is C20H30Zr. The van der Waals surface area contributed by atoms with Gasteiger partial charge in [0, 0.05) is 0 Å². The van der Waals surface area contributed by atoms with Gasteiger partial charge in [0.1, 0.15) is 0 Å². The van der Waals surface area contributed by atoms with Crippen LogP contribution in [0.1, 0.15) is 79.1 Å². The summed E-state index contributed by atoms with van der Waals surface area (Å²) in [6.07, 6.45) is 20.9. The van der Waals surface area contributed by atoms with Gasteiger partial charge in [-0.3, -0.25) is 12.2 Å². The smallest absolute Gasteiger partial charge is 0.253 e. The Balaban J connectivity index is 0.000000425. The molecule has 0 radical (unpaired) electrons. The van der Waals surface area contributed by atoms with E-state index in [1.165, 1.54) is 61.7 Å². The van der Waals surface area contributed by atoms with Crippen LogP contribution in [0, 0.1) is 12.2 Å². The molecule has 0 aromatic carbocycles. The number of hydrogen-bond acceptors (Lipinski definition) is 0. The molecule has 0 saturated carbocycles. The van der Waals surface area contributed by atoms with Crippen molar-refractivity contribution in [1.82, 2.24) is 0 Å². The minimum Gasteiger partial charge on any atom is -0.253 e. The van der Waals surface area contributed by atoms with Gasteiger partial charge >= 0.3 is 26.2 Å². The summed E-state index contributed by atoms with van der Waals surface area (Å²) in [4.78, 5) is 0. The monoisotopic (exact) mass is 360 g/mol. The van der Waals surface area contributed by atoms with E-state index in [0.29, 0.717) is 0 Å². The zero-order valence-corrected chi connectivity index (χ0v) is 16.8. The molecule has 0 unspecified atom stereocenters. The first kappa shape index (κ1) is 20.8. The fourth-order valence-corrected chi connectivity index (χ4v) is 2.40. The zero-order chi connectivity index (χ0) is 14.8. The first-order chi connectivity index (χ1) is 9.69. The number of unbranched alkanes of at least 4 members (excludes halogenated alkanes) is 2. The van der Waals surface area contributed by atoms with Gasteiger partial charge in [0.2, 0.25) is 0 Å². The summed E-state index contributed by atoms with van der Waals surface area (Å²) in [5.74, 6) is 0. The average molecular weight is 362 g/mol. The molecule has 0 heterocycles. The van der Waals surface area contributed by atoms with E-state index in [1.807, 2.05) is 0 Å². The normalized spacial score (nSPS) is 16.2. The van der Waals surface area contributed by atoms with Crippen LogP contribution in [0.5, 0.6) is 0 Å². The van der Waals surface area contributed by atoms with Gasteiger partial charge in [0.25, 0.3) is 0 Å². The van der Waals surface area contributed by atoms with E-state index in [2.05, 4.69) is 52.0 Å². The SMILES string of the molecule is CC1=C(C)CC=[C-]1.CCCCC1=C(CCCC)CC=[C-]1.[Zr+2]. The van der Waals surface area contributed by atoms with Gasteiger partial charge in [0.05, 0.1) is 0 Å². The maximum Gasteiger partial charge on any atom is 2.00 e. The van der Waals surface area contributed by atoms with Gasteiger partial charge in [-0.25, -0.2) is 22.3 Å². The molecule has 0 amide bonds. The van der Waals surface area contributed by atoms with E-state index in [4.69, 9.17) is 0 Å². The van der Waals surface area contributed by atoms with Crippen LogP contribution in [0.25, 0.3) is 0 Å². The molecule has 0 aromatic rings. The number of hydrogen-bond donors (Lipinski definition) is 0. The number of allylic oxidation sites excluding steroid dienone is 8. The van der Waals surface area contributed by atoms with Gasteiger partial charge in [-0.2, -0.15) is 12.2 Å². The zero-order valence-electron chi connectivity index (χ0n) is 14.3. The summed E-state index contributed by atoms with van der Waals surface area (Å²) >= 11 is 0. The Morgan fingerprint density at radius 1 is 0.905 bits per heavy atom. The molecule has 0 bridgehead atoms. The summed E-state index contributed by atoms with van der Waals surface area (Å²) in [7, 11) is 0. The minimum atomic E-state index is 0. The third kappa shape index (κ3) is 8.15. The average Bonchev–Trinajstić information content (AvgIpc) is 3.04. The molecule has 0 atom stereocenters. The van der Waals surface area contributed by atoms with Crippen molar-refractivity contribution in [3.05, 3.63) is 46.6 Å². The van der Waals surface area contributed by atoms with E-state index in [9.17, 15) is 0 Å². The molecule has 21 heavy (non-hydrogen) atoms. The maximum atomic E-state index is 3.41. The molecule has 2 aliphatic carbocycles. The van der Waals surface area contributed by atoms with Crippen molar-refractivity contribution >= 4 is 0 Å². The van der Waals surface area contributed by atoms with E-state index in [1.54, 1.807) is 5.57 Å². The summed E-state index contributed by atoms with van der Waals surface area (Å²) in [5, 5.41) is 0. The Morgan fingerprint density at radius 3 is 2.00 bits per heavy atom. The molecule has 0 fully saturated rings. The second kappa shape index (κ2) is 12.4. The van der Waals surface area contributed by atoms with Gasteiger partial charge in [-0.05, 0) is 0 Å². The van der Waals surface area contributed by atoms with Crippen LogP contribution in [0.2, 0.25) is 0 Å². The third-order valence-corrected chi connectivity index (χ3v) is 4.03. The van der Waals surface area contributed by atoms with Gasteiger partial charge in [-0.15, -0.1) is 6.92 Å². The van der Waals surface area contributed by atoms with Crippen LogP contribution in [0.3, 0.4) is 0 Å². The predicted molar refractivity (Wildman–Crippen MR) is 89.3 cm³/mol. The van der Waals surface area contributed by atoms with Crippen molar-refractivity contribution in [2.24, 2.45) is 0 Å². The Kier molecular flexibility index (Phi) is 12.3. The fraction of sp³-hybridized carbons (Fsp3) is 0.600. The van der Waals surface area contributed by atoms with Crippen molar-refractivity contribution in [3.8, 4) is 0 Å². The van der Waals surface area contributed by atoms with Crippen LogP contribution in [-0.2, 0) is 26.2 Å². The van der Waals surface area contributed by atoms with Crippen LogP contribution in [0.15, 0.2) is 34.4 Å². The van der Waals surface area contributed by atoms with Crippen LogP contribution in [0.4, 0.5) is 0 Å². The van der Waals surface area contributed by atoms with Crippen molar-refractivity contribution in [2.75, 3.05) is 0 Å². The number of rotatable bonds is 6. The van der Waals surface area contributed by atoms with Crippen molar-refractivity contribution in [1.29, 1.82) is 0 Å². The summed E-state index contributed by atoms with van der Waals surface area (Å²) in [5.41, 5.74) is 5.96. The Morgan fingerprint density at radius 2 is 1.52 bits per heavy atom. The Bertz CT molecular complexity index is 408. The van der Waals surface area contributed by atoms with E-state index >= 15 is 0 Å². The van der Waals surface area contributed by atoms with Crippen LogP contribution < -0.4 is 0 Å². The quantitative estimate of drug-likeness (QED) is 0.473. The van der Waals surface area contributed by atoms with Crippen LogP contribution >= 0.6 is 0 Å². The fourth-order valence-electron chi connectivity index (χ4n) is 2.40. The van der Waals surface area contributed by atoms with Crippen molar-refractivity contribution in [2.45, 2.75) is 79.1 Å². The second-order valence-electron chi connectivity index (χ2n) is 5.80. The molecular weight excluding hydrogens is 331 g/mol. The minimum absolute atomic E-state index is 0. The van der Waals surface area contributed by atoms with Gasteiger partial charge in [0.15, 0.2) is 0 Å². The maximum absolute atomic E-state index is 3.41. The molecule has 0 nitrogen and oxygen atoms in total. The Labute approximate surface area is 151 Å². The molecule has 0 N–H and O–H groups in total. The third-order valence-electron chi connectivity index (χ3n) is 4.03. The second-order valence-corrected chi connectivity index (χ2v) is 5.80. The largest absolute Gasteiger partial charge is 2.00 e. The molecule has 0 aromatic heterocycles. The molecule has 0 spiro atoms. The van der Waals surface area contributed by atoms with Gasteiger partial charge in [-0.1, -0.05) is 72.1 Å². The molecule has 0 saturated heterocycles. The molecule has 114 valence electrons. The molecule has 2 rings (SSSR count). The molecule has 1 heteroatoms. The predicted octanol–water partition coefficient (Wildman–Crippen LogP) is 6.51. The van der Waals surface area contributed by atoms with E-state index < -0.39 is 0 Å². The summed E-state index contributed by atoms with van der Waals surface area (Å²) in [6.45, 7) is 8.76. The topological polar surface area (TPSA) is 0 Å². The van der Waals surface area contributed by atoms with E-state index in [-0.39, 0.29) is 26.2 Å². The van der Waals surface area contributed by atoms with Crippen molar-refractivity contribution in [3.63, 3.8) is 0 Å². The van der Waals surface area contributed by atoms with Gasteiger partial charge < -0.3 is 0 Å². The molecule has 2 aliphatic rings. The van der Waals surface area contributed by atoms with Crippen LogP contribution in [-0.4, -0.2) is 0 Å². The van der Waals surface area contributed by atoms with Crippen molar-refractivity contribution < 1.29 is 26.2 Å². The first-order valence-electron chi connectivity index (χ1n) is 8.22. The standard InChI is InChI=1S/C13H21.C7H9.Zr/c1-3-5-8-12-10-7-11-13(12)9-6-4-2;1-6-4-3-5-7(6)2;/h7H,3-6,8-10H2,1-2H3;3H,4H2,1-2H3;/q2*-1;+2. The summed E-state index contributed by atoms with van der Waals surface area (Å²) in [6, 6.07) is 0. The Hall–Kier alpha value is -0.157. The first-order valence-corrected chi connectivity index (χ1v) is 8.22.